The summed E-state index contributed by atoms with van der Waals surface area (Å²) in [4.78, 5) is 11.7. The highest BCUT2D eigenvalue weighted by molar-refractivity contribution is 8.21. The molecule has 30 aromatic rings. The second-order valence-electron chi connectivity index (χ2n) is 38.4. The molecule has 0 aliphatic rings. The monoisotopic (exact) mass is 1940 g/mol. The number of nitro groups is 1. The fraction of sp³-hybridized carbons (Fsp3) is 0.00719. The lowest BCUT2D eigenvalue weighted by atomic mass is 9.85. The van der Waals surface area contributed by atoms with E-state index in [-0.39, 0.29) is 21.4 Å². The van der Waals surface area contributed by atoms with Gasteiger partial charge in [-0.05, 0) is 217 Å². The molecule has 149 heavy (non-hydrogen) atoms. The van der Waals surface area contributed by atoms with Crippen molar-refractivity contribution in [3.8, 4) is 100 Å². The lowest BCUT2D eigenvalue weighted by Crippen LogP contribution is -1.94. The van der Waals surface area contributed by atoms with E-state index in [1.165, 1.54) is 104 Å². The Kier molecular flexibility index (Phi) is 20.7. The zero-order valence-corrected chi connectivity index (χ0v) is 81.1. The van der Waals surface area contributed by atoms with Crippen LogP contribution in [0.3, 0.4) is 0 Å². The minimum atomic E-state index is -5.53. The lowest BCUT2D eigenvalue weighted by molar-refractivity contribution is -0.381. The van der Waals surface area contributed by atoms with Crippen LogP contribution in [-0.4, -0.2) is 4.92 Å². The number of halogens is 3. The third kappa shape index (κ3) is 13.9. The molecule has 0 N–H and O–H groups in total. The predicted octanol–water partition coefficient (Wildman–Crippen LogP) is 41.6. The molecule has 27 aromatic carbocycles. The van der Waals surface area contributed by atoms with Crippen molar-refractivity contribution in [1.29, 1.82) is 0 Å². The number of para-hydroxylation sites is 3. The summed E-state index contributed by atoms with van der Waals surface area (Å²) in [6.07, 6.45) is 0. The average molecular weight is 1940 g/mol. The summed E-state index contributed by atoms with van der Waals surface area (Å²) in [6, 6.07) is 169. The smallest absolute Gasteiger partial charge is 0.284 e. The van der Waals surface area contributed by atoms with Crippen LogP contribution in [0.25, 0.3) is 295 Å². The molecule has 0 spiro atoms. The fourth-order valence-corrected chi connectivity index (χ4v) is 25.5. The van der Waals surface area contributed by atoms with E-state index in [0.29, 0.717) is 27.1 Å². The maximum atomic E-state index is 14.8. The highest BCUT2D eigenvalue weighted by atomic mass is 32.3. The molecule has 0 amide bonds. The standard InChI is InChI=1S/C47H30O.C46H27F3OS.C46H27NO3/c1-29-31-17-5-7-19-33(31)44(34-20-8-6-18-32(29)34)39-25-14-28-42-46(39)41-27-13-26-40(47(41)48-42)45-37-23-11-9-21-35(37)43(30-15-3-2-4-16-30)36-22-10-12-24-38(36)45;47-51(48,49)46-35-22-10-8-20-33(35)42(34-21-9-11-23-36(34)46)37-24-13-27-40-44(37)39-26-12-25-38(45(39)50-40)43-31-18-6-4-16-29(31)41(28-14-2-1-3-15-28)30-17-5-7-19-32(30)43;48-47(49)45-35-22-10-8-20-33(35)42(34-21-9-11-23-36(34)45)37-24-13-27-40-44(37)39-26-12-25-38(46(39)50-40)43-31-18-6-4-16-29(31)41(28-14-2-1-3-15-28)30-17-5-7-19-32(30)43/h2-28H,1H3;1-27H;1-27H. The molecular weight excluding hydrogens is 1850 g/mol. The summed E-state index contributed by atoms with van der Waals surface area (Å²) >= 11 is -5.53. The summed E-state index contributed by atoms with van der Waals surface area (Å²) in [5, 5.41) is 42.3. The summed E-state index contributed by atoms with van der Waals surface area (Å²) in [6.45, 7) is 2.24. The molecule has 702 valence electrons. The molecule has 30 rings (SSSR count). The van der Waals surface area contributed by atoms with Gasteiger partial charge in [0.1, 0.15) is 33.5 Å². The van der Waals surface area contributed by atoms with Crippen molar-refractivity contribution in [2.24, 2.45) is 0 Å². The molecule has 0 aliphatic carbocycles. The van der Waals surface area contributed by atoms with Crippen LogP contribution in [0, 0.1) is 17.0 Å². The van der Waals surface area contributed by atoms with E-state index in [1.807, 2.05) is 109 Å². The molecule has 0 saturated carbocycles. The van der Waals surface area contributed by atoms with Gasteiger partial charge in [0.25, 0.3) is 5.69 Å². The van der Waals surface area contributed by atoms with Crippen molar-refractivity contribution in [3.63, 3.8) is 0 Å². The van der Waals surface area contributed by atoms with Gasteiger partial charge in [-0.3, -0.25) is 10.1 Å². The van der Waals surface area contributed by atoms with Crippen molar-refractivity contribution in [2.45, 2.75) is 11.8 Å². The summed E-state index contributed by atoms with van der Waals surface area (Å²) in [5.41, 5.74) is 26.0. The van der Waals surface area contributed by atoms with Gasteiger partial charge in [-0.15, -0.1) is 11.7 Å². The van der Waals surface area contributed by atoms with E-state index in [9.17, 15) is 21.8 Å². The average Bonchev–Trinajstić information content (AvgIpc) is 1.58. The Morgan fingerprint density at radius 1 is 0.188 bits per heavy atom. The van der Waals surface area contributed by atoms with Gasteiger partial charge in [0.05, 0.1) is 20.6 Å². The SMILES string of the molecule is Cc1c2ccccc2c(-c2cccc3oc4c(-c5c6ccccc6c(-c6ccccc6)c6ccccc56)cccc4c23)c2ccccc12.FS(F)(F)c1c2ccccc2c(-c2cccc3oc4c(-c5c6ccccc6c(-c6ccccc6)c6ccccc56)cccc4c23)c2ccccc12.O=[N+]([O-])c1c2ccccc2c(-c2cccc3oc4c(-c5c6ccccc6c(-c6ccccc6)c6ccccc56)cccc4c23)c2ccccc12. The number of rotatable bonds is 11. The molecule has 0 unspecified atom stereocenters. The van der Waals surface area contributed by atoms with Gasteiger partial charge in [0, 0.05) is 76.5 Å². The lowest BCUT2D eigenvalue weighted by Gasteiger charge is -2.20. The Hall–Kier alpha value is -19.0. The molecule has 0 atom stereocenters. The summed E-state index contributed by atoms with van der Waals surface area (Å²) in [7, 11) is 0. The molecule has 0 aliphatic heterocycles. The molecular formula is C139H84F3NO5S. The molecule has 3 heterocycles. The predicted molar refractivity (Wildman–Crippen MR) is 621 cm³/mol. The number of aryl methyl sites for hydroxylation is 1. The molecule has 10 heteroatoms. The first-order valence-electron chi connectivity index (χ1n) is 50.1. The topological polar surface area (TPSA) is 82.6 Å². The van der Waals surface area contributed by atoms with Gasteiger partial charge >= 0.3 is 0 Å². The Morgan fingerprint density at radius 3 is 0.604 bits per heavy atom. The molecule has 0 radical (unpaired) electrons. The van der Waals surface area contributed by atoms with Crippen molar-refractivity contribution < 1.29 is 29.8 Å². The highest BCUT2D eigenvalue weighted by Gasteiger charge is 2.35. The highest BCUT2D eigenvalue weighted by Crippen LogP contribution is 2.66. The number of nitrogens with zero attached hydrogens (tertiary/aromatic N) is 1. The minimum absolute atomic E-state index is 0.129. The second-order valence-corrected chi connectivity index (χ2v) is 39.6. The number of non-ortho nitro benzene ring substituents is 1. The van der Waals surface area contributed by atoms with Gasteiger partial charge in [0.15, 0.2) is 0 Å². The van der Waals surface area contributed by atoms with E-state index in [1.54, 1.807) is 24.3 Å². The van der Waals surface area contributed by atoms with Gasteiger partial charge in [-0.1, -0.05) is 461 Å². The Morgan fingerprint density at radius 2 is 0.362 bits per heavy atom. The zero-order valence-electron chi connectivity index (χ0n) is 80.3. The number of hydrogen-bond donors (Lipinski definition) is 0. The summed E-state index contributed by atoms with van der Waals surface area (Å²) in [5.74, 6) is 0. The van der Waals surface area contributed by atoms with Crippen molar-refractivity contribution in [1.82, 2.24) is 0 Å². The van der Waals surface area contributed by atoms with E-state index in [0.717, 1.165) is 159 Å². The van der Waals surface area contributed by atoms with Crippen LogP contribution >= 0.6 is 11.2 Å². The maximum absolute atomic E-state index is 14.8. The third-order valence-corrected chi connectivity index (χ3v) is 31.5. The van der Waals surface area contributed by atoms with E-state index < -0.39 is 16.1 Å². The molecule has 0 bridgehead atoms. The molecule has 0 saturated heterocycles. The number of fused-ring (bicyclic) bond motifs is 21. The summed E-state index contributed by atoms with van der Waals surface area (Å²) < 4.78 is 65.1. The third-order valence-electron chi connectivity index (χ3n) is 30.6. The first-order chi connectivity index (χ1) is 73.4. The molecule has 6 nitrogen and oxygen atoms in total. The zero-order chi connectivity index (χ0) is 99.4. The number of hydrogen-bond acceptors (Lipinski definition) is 5. The number of furan rings is 3. The quantitative estimate of drug-likeness (QED) is 0.0732. The van der Waals surface area contributed by atoms with E-state index in [4.69, 9.17) is 13.3 Å². The molecule has 3 aromatic heterocycles. The largest absolute Gasteiger partial charge is 0.455 e. The number of benzene rings is 27. The van der Waals surface area contributed by atoms with Gasteiger partial charge in [-0.25, -0.2) is 0 Å². The maximum Gasteiger partial charge on any atom is 0.284 e. The Labute approximate surface area is 854 Å². The van der Waals surface area contributed by atoms with Crippen LogP contribution < -0.4 is 0 Å². The van der Waals surface area contributed by atoms with E-state index in [2.05, 4.69) is 365 Å². The van der Waals surface area contributed by atoms with Crippen LogP contribution in [0.5, 0.6) is 0 Å². The van der Waals surface area contributed by atoms with Crippen LogP contribution in [0.15, 0.2) is 510 Å². The van der Waals surface area contributed by atoms with E-state index >= 15 is 0 Å². The minimum Gasteiger partial charge on any atom is -0.455 e. The van der Waals surface area contributed by atoms with Crippen LogP contribution in [0.1, 0.15) is 5.56 Å². The van der Waals surface area contributed by atoms with Crippen molar-refractivity contribution in [3.05, 3.63) is 507 Å². The first-order valence-corrected chi connectivity index (χ1v) is 51.4. The Bertz CT molecular complexity index is 10500. The normalized spacial score (nSPS) is 12.1. The van der Waals surface area contributed by atoms with Gasteiger partial charge in [-0.2, -0.15) is 0 Å². The van der Waals surface area contributed by atoms with Gasteiger partial charge < -0.3 is 13.3 Å². The van der Waals surface area contributed by atoms with Crippen LogP contribution in [0.2, 0.25) is 0 Å². The van der Waals surface area contributed by atoms with Crippen LogP contribution in [0.4, 0.5) is 17.3 Å². The van der Waals surface area contributed by atoms with Crippen molar-refractivity contribution >= 4 is 212 Å². The number of nitro benzene ring substituents is 1. The van der Waals surface area contributed by atoms with Gasteiger partial charge in [0.2, 0.25) is 11.2 Å². The Balaban J connectivity index is 0.000000108. The molecule has 0 fully saturated rings. The second kappa shape index (κ2) is 35.2. The fourth-order valence-electron chi connectivity index (χ4n) is 24.6. The van der Waals surface area contributed by atoms with Crippen molar-refractivity contribution in [2.75, 3.05) is 0 Å². The first kappa shape index (κ1) is 87.8. The van der Waals surface area contributed by atoms with Crippen LogP contribution in [-0.2, 0) is 0 Å².